The van der Waals surface area contributed by atoms with Crippen molar-refractivity contribution in [2.45, 2.75) is 6.54 Å². The molecule has 0 N–H and O–H groups in total. The van der Waals surface area contributed by atoms with Gasteiger partial charge in [0.1, 0.15) is 17.4 Å². The normalized spacial score (nSPS) is 13.3. The number of para-hydroxylation sites is 1. The van der Waals surface area contributed by atoms with Crippen LogP contribution in [0.25, 0.3) is 21.2 Å². The van der Waals surface area contributed by atoms with Crippen molar-refractivity contribution in [3.8, 4) is 11.5 Å². The monoisotopic (exact) mass is 406 g/mol. The topological polar surface area (TPSA) is 83.0 Å². The van der Waals surface area contributed by atoms with Gasteiger partial charge in [0.25, 0.3) is 5.91 Å². The molecular formula is C21H14N2O5S. The van der Waals surface area contributed by atoms with E-state index in [0.717, 1.165) is 16.5 Å². The van der Waals surface area contributed by atoms with E-state index in [-0.39, 0.29) is 12.4 Å². The van der Waals surface area contributed by atoms with E-state index in [1.54, 1.807) is 30.3 Å². The number of allylic oxidation sites excluding steroid dienone is 1. The van der Waals surface area contributed by atoms with Gasteiger partial charge in [0.05, 0.1) is 15.6 Å². The minimum Gasteiger partial charge on any atom is -0.463 e. The first kappa shape index (κ1) is 17.4. The van der Waals surface area contributed by atoms with Gasteiger partial charge in [-0.25, -0.2) is 0 Å². The Morgan fingerprint density at radius 1 is 1.24 bits per heavy atom. The van der Waals surface area contributed by atoms with E-state index in [0.29, 0.717) is 33.8 Å². The maximum absolute atomic E-state index is 12.8. The van der Waals surface area contributed by atoms with Gasteiger partial charge in [-0.1, -0.05) is 29.5 Å². The molecule has 0 saturated carbocycles. The maximum Gasteiger partial charge on any atom is 0.286 e. The molecule has 0 spiro atoms. The second-order valence-electron chi connectivity index (χ2n) is 6.35. The average molecular weight is 406 g/mol. The third-order valence-electron chi connectivity index (χ3n) is 4.60. The summed E-state index contributed by atoms with van der Waals surface area (Å²) in [5.74, 6) is 0.632. The van der Waals surface area contributed by atoms with Gasteiger partial charge in [0.2, 0.25) is 12.2 Å². The molecule has 144 valence electrons. The molecule has 3 heterocycles. The highest BCUT2D eigenvalue weighted by atomic mass is 32.1. The van der Waals surface area contributed by atoms with Gasteiger partial charge in [-0.3, -0.25) is 9.59 Å². The number of hydrogen-bond acceptors (Lipinski definition) is 6. The standard InChI is InChI=1S/C21H14N2O5S/c1-2-7-23-14-8-16-17(28-11-27-16)9-18(14)29-21(23)22-20(25)13-10-26-15-6-4-3-5-12(15)19(13)24/h2-6,8-10H,1,7,11H2. The molecule has 5 rings (SSSR count). The third-order valence-corrected chi connectivity index (χ3v) is 5.64. The second-order valence-corrected chi connectivity index (χ2v) is 7.36. The van der Waals surface area contributed by atoms with Crippen LogP contribution in [0.4, 0.5) is 0 Å². The predicted octanol–water partition coefficient (Wildman–Crippen LogP) is 3.47. The van der Waals surface area contributed by atoms with Crippen LogP contribution in [0, 0.1) is 0 Å². The van der Waals surface area contributed by atoms with E-state index in [1.807, 2.05) is 16.7 Å². The zero-order valence-electron chi connectivity index (χ0n) is 15.1. The lowest BCUT2D eigenvalue weighted by Crippen LogP contribution is -2.19. The van der Waals surface area contributed by atoms with E-state index in [4.69, 9.17) is 13.9 Å². The maximum atomic E-state index is 12.8. The lowest BCUT2D eigenvalue weighted by Gasteiger charge is -2.02. The molecule has 7 nitrogen and oxygen atoms in total. The number of thiazole rings is 1. The summed E-state index contributed by atoms with van der Waals surface area (Å²) in [7, 11) is 0. The fourth-order valence-corrected chi connectivity index (χ4v) is 4.27. The minimum atomic E-state index is -0.658. The van der Waals surface area contributed by atoms with Crippen LogP contribution in [0.2, 0.25) is 0 Å². The number of nitrogens with zero attached hydrogens (tertiary/aromatic N) is 2. The van der Waals surface area contributed by atoms with Crippen molar-refractivity contribution >= 4 is 38.4 Å². The van der Waals surface area contributed by atoms with Crippen LogP contribution in [0.15, 0.2) is 69.5 Å². The van der Waals surface area contributed by atoms with Crippen molar-refractivity contribution in [2.24, 2.45) is 4.99 Å². The lowest BCUT2D eigenvalue weighted by molar-refractivity contribution is 0.0995. The van der Waals surface area contributed by atoms with Crippen molar-refractivity contribution in [2.75, 3.05) is 6.79 Å². The largest absolute Gasteiger partial charge is 0.463 e. The van der Waals surface area contributed by atoms with E-state index >= 15 is 0 Å². The van der Waals surface area contributed by atoms with Gasteiger partial charge in [0, 0.05) is 18.7 Å². The number of carbonyl (C=O) groups excluding carboxylic acids is 1. The van der Waals surface area contributed by atoms with Crippen molar-refractivity contribution in [3.05, 3.63) is 75.9 Å². The first-order valence-corrected chi connectivity index (χ1v) is 9.61. The third kappa shape index (κ3) is 2.85. The second kappa shape index (κ2) is 6.75. The van der Waals surface area contributed by atoms with Crippen LogP contribution >= 0.6 is 11.3 Å². The number of amides is 1. The fourth-order valence-electron chi connectivity index (χ4n) is 3.22. The number of rotatable bonds is 3. The fraction of sp³-hybridized carbons (Fsp3) is 0.0952. The Morgan fingerprint density at radius 2 is 2.03 bits per heavy atom. The number of fused-ring (bicyclic) bond motifs is 3. The molecule has 0 unspecified atom stereocenters. The Kier molecular flexibility index (Phi) is 4.06. The molecule has 1 aliphatic rings. The molecule has 0 fully saturated rings. The van der Waals surface area contributed by atoms with Gasteiger partial charge in [0.15, 0.2) is 16.3 Å². The van der Waals surface area contributed by atoms with E-state index in [9.17, 15) is 9.59 Å². The molecule has 29 heavy (non-hydrogen) atoms. The Labute approximate surface area is 167 Å². The van der Waals surface area contributed by atoms with Crippen LogP contribution in [-0.2, 0) is 6.54 Å². The number of aromatic nitrogens is 1. The average Bonchev–Trinajstić information content (AvgIpc) is 3.31. The molecular weight excluding hydrogens is 392 g/mol. The summed E-state index contributed by atoms with van der Waals surface area (Å²) in [5.41, 5.74) is 0.752. The lowest BCUT2D eigenvalue weighted by atomic mass is 10.2. The quantitative estimate of drug-likeness (QED) is 0.487. The zero-order chi connectivity index (χ0) is 20.0. The summed E-state index contributed by atoms with van der Waals surface area (Å²) in [6.07, 6.45) is 2.88. The molecule has 0 saturated heterocycles. The first-order chi connectivity index (χ1) is 14.2. The Hall–Kier alpha value is -3.65. The molecule has 0 atom stereocenters. The zero-order valence-corrected chi connectivity index (χ0v) is 15.9. The van der Waals surface area contributed by atoms with Crippen LogP contribution in [0.5, 0.6) is 11.5 Å². The summed E-state index contributed by atoms with van der Waals surface area (Å²) in [6.45, 7) is 4.40. The van der Waals surface area contributed by atoms with E-state index < -0.39 is 11.3 Å². The van der Waals surface area contributed by atoms with Crippen LogP contribution in [0.3, 0.4) is 0 Å². The summed E-state index contributed by atoms with van der Waals surface area (Å²) < 4.78 is 19.0. The molecule has 2 aromatic carbocycles. The summed E-state index contributed by atoms with van der Waals surface area (Å²) in [4.78, 5) is 30.1. The minimum absolute atomic E-state index is 0.111. The van der Waals surface area contributed by atoms with E-state index in [2.05, 4.69) is 11.6 Å². The highest BCUT2D eigenvalue weighted by molar-refractivity contribution is 7.16. The number of hydrogen-bond donors (Lipinski definition) is 0. The van der Waals surface area contributed by atoms with Crippen molar-refractivity contribution in [3.63, 3.8) is 0 Å². The first-order valence-electron chi connectivity index (χ1n) is 8.79. The Morgan fingerprint density at radius 3 is 2.86 bits per heavy atom. The Bertz CT molecular complexity index is 1430. The van der Waals surface area contributed by atoms with Crippen molar-refractivity contribution in [1.82, 2.24) is 4.57 Å². The highest BCUT2D eigenvalue weighted by Gasteiger charge is 2.19. The molecule has 1 amide bonds. The SMILES string of the molecule is C=CCn1c(=NC(=O)c2coc3ccccc3c2=O)sc2cc3c(cc21)OCO3. The molecule has 8 heteroatoms. The van der Waals surface area contributed by atoms with Crippen LogP contribution in [0.1, 0.15) is 10.4 Å². The van der Waals surface area contributed by atoms with Crippen molar-refractivity contribution < 1.29 is 18.7 Å². The molecule has 2 aromatic heterocycles. The van der Waals surface area contributed by atoms with Gasteiger partial charge < -0.3 is 18.5 Å². The van der Waals surface area contributed by atoms with Gasteiger partial charge in [-0.2, -0.15) is 4.99 Å². The highest BCUT2D eigenvalue weighted by Crippen LogP contribution is 2.37. The van der Waals surface area contributed by atoms with E-state index in [1.165, 1.54) is 11.3 Å². The molecule has 0 bridgehead atoms. The molecule has 4 aromatic rings. The number of ether oxygens (including phenoxy) is 2. The number of carbonyl (C=O) groups is 1. The Balaban J connectivity index is 1.68. The molecule has 0 radical (unpaired) electrons. The summed E-state index contributed by atoms with van der Waals surface area (Å²) in [6, 6.07) is 10.5. The smallest absolute Gasteiger partial charge is 0.286 e. The van der Waals surface area contributed by atoms with Crippen molar-refractivity contribution in [1.29, 1.82) is 0 Å². The van der Waals surface area contributed by atoms with Crippen LogP contribution in [-0.4, -0.2) is 17.3 Å². The summed E-state index contributed by atoms with van der Waals surface area (Å²) in [5, 5.41) is 0.342. The van der Waals surface area contributed by atoms with Crippen LogP contribution < -0.4 is 19.7 Å². The number of benzene rings is 2. The van der Waals surface area contributed by atoms with Gasteiger partial charge in [-0.05, 0) is 12.1 Å². The summed E-state index contributed by atoms with van der Waals surface area (Å²) >= 11 is 1.32. The molecule has 0 aliphatic carbocycles. The van der Waals surface area contributed by atoms with Gasteiger partial charge in [-0.15, -0.1) is 6.58 Å². The van der Waals surface area contributed by atoms with Gasteiger partial charge >= 0.3 is 0 Å². The predicted molar refractivity (Wildman–Crippen MR) is 109 cm³/mol. The molecule has 1 aliphatic heterocycles.